The molecule has 3 rings (SSSR count). The molecular weight excluding hydrogens is 446 g/mol. The van der Waals surface area contributed by atoms with Gasteiger partial charge >= 0.3 is 11.9 Å². The number of hydrogen-bond acceptors (Lipinski definition) is 7. The van der Waals surface area contributed by atoms with Crippen LogP contribution in [0.25, 0.3) is 11.1 Å². The third-order valence-corrected chi connectivity index (χ3v) is 5.29. The highest BCUT2D eigenvalue weighted by atomic mass is 16.5. The molecule has 0 saturated heterocycles. The molecule has 3 aromatic rings. The van der Waals surface area contributed by atoms with Crippen molar-refractivity contribution in [2.75, 3.05) is 19.8 Å². The van der Waals surface area contributed by atoms with E-state index in [0.29, 0.717) is 47.2 Å². The van der Waals surface area contributed by atoms with Crippen molar-refractivity contribution in [3.8, 4) is 22.6 Å². The monoisotopic (exact) mass is 477 g/mol. The van der Waals surface area contributed by atoms with E-state index in [4.69, 9.17) is 18.9 Å². The third kappa shape index (κ3) is 5.98. The van der Waals surface area contributed by atoms with Crippen LogP contribution in [-0.2, 0) is 16.1 Å². The number of aryl methyl sites for hydroxylation is 2. The number of carbonyl (C=O) groups is 2. The Hall–Kier alpha value is -3.87. The molecule has 0 unspecified atom stereocenters. The highest BCUT2D eigenvalue weighted by Crippen LogP contribution is 2.38. The molecule has 0 aliphatic carbocycles. The molecule has 0 atom stereocenters. The number of pyridine rings is 1. The molecule has 35 heavy (non-hydrogen) atoms. The fraction of sp³-hybridized carbons (Fsp3) is 0.321. The normalized spacial score (nSPS) is 10.5. The first kappa shape index (κ1) is 25.7. The number of aromatic nitrogens is 1. The number of nitrogens with zero attached hydrogens (tertiary/aromatic N) is 1. The summed E-state index contributed by atoms with van der Waals surface area (Å²) in [7, 11) is 0. The fourth-order valence-electron chi connectivity index (χ4n) is 3.83. The van der Waals surface area contributed by atoms with Gasteiger partial charge in [-0.1, -0.05) is 36.4 Å². The van der Waals surface area contributed by atoms with Crippen molar-refractivity contribution < 1.29 is 28.5 Å². The van der Waals surface area contributed by atoms with Crippen LogP contribution in [0.2, 0.25) is 0 Å². The van der Waals surface area contributed by atoms with E-state index >= 15 is 0 Å². The molecule has 184 valence electrons. The predicted octanol–water partition coefficient (Wildman–Crippen LogP) is 5.70. The summed E-state index contributed by atoms with van der Waals surface area (Å²) in [6.07, 6.45) is 0. The summed E-state index contributed by atoms with van der Waals surface area (Å²) in [5, 5.41) is 0. The second-order valence-corrected chi connectivity index (χ2v) is 7.72. The van der Waals surface area contributed by atoms with Crippen LogP contribution in [0.3, 0.4) is 0 Å². The van der Waals surface area contributed by atoms with Gasteiger partial charge in [-0.2, -0.15) is 0 Å². The molecule has 1 heterocycles. The zero-order valence-corrected chi connectivity index (χ0v) is 20.8. The molecular formula is C28H31NO6. The van der Waals surface area contributed by atoms with Crippen molar-refractivity contribution in [3.05, 3.63) is 76.6 Å². The average Bonchev–Trinajstić information content (AvgIpc) is 2.83. The van der Waals surface area contributed by atoms with Gasteiger partial charge in [-0.15, -0.1) is 0 Å². The lowest BCUT2D eigenvalue weighted by Gasteiger charge is -2.19. The average molecular weight is 478 g/mol. The van der Waals surface area contributed by atoms with Gasteiger partial charge < -0.3 is 18.9 Å². The summed E-state index contributed by atoms with van der Waals surface area (Å²) in [6, 6.07) is 15.2. The van der Waals surface area contributed by atoms with E-state index in [-0.39, 0.29) is 24.3 Å². The van der Waals surface area contributed by atoms with E-state index in [9.17, 15) is 9.59 Å². The van der Waals surface area contributed by atoms with E-state index in [2.05, 4.69) is 4.98 Å². The Morgan fingerprint density at radius 3 is 1.89 bits per heavy atom. The number of esters is 2. The molecule has 0 radical (unpaired) electrons. The Morgan fingerprint density at radius 1 is 0.743 bits per heavy atom. The van der Waals surface area contributed by atoms with Crippen molar-refractivity contribution in [2.45, 2.75) is 41.2 Å². The third-order valence-electron chi connectivity index (χ3n) is 5.29. The maximum atomic E-state index is 13.0. The summed E-state index contributed by atoms with van der Waals surface area (Å²) in [4.78, 5) is 30.4. The first-order valence-corrected chi connectivity index (χ1v) is 11.7. The minimum atomic E-state index is -0.555. The largest absolute Gasteiger partial charge is 0.490 e. The van der Waals surface area contributed by atoms with Crippen LogP contribution in [0.1, 0.15) is 58.4 Å². The molecule has 7 heteroatoms. The van der Waals surface area contributed by atoms with Crippen LogP contribution in [0.15, 0.2) is 48.5 Å². The van der Waals surface area contributed by atoms with E-state index in [1.54, 1.807) is 45.9 Å². The topological polar surface area (TPSA) is 84.0 Å². The Bertz CT molecular complexity index is 1150. The fourth-order valence-corrected chi connectivity index (χ4v) is 3.83. The van der Waals surface area contributed by atoms with E-state index < -0.39 is 11.9 Å². The molecule has 7 nitrogen and oxygen atoms in total. The molecule has 0 saturated carbocycles. The first-order chi connectivity index (χ1) is 16.9. The van der Waals surface area contributed by atoms with E-state index in [0.717, 1.165) is 5.56 Å². The zero-order valence-electron chi connectivity index (χ0n) is 20.8. The number of benzene rings is 2. The number of rotatable bonds is 10. The van der Waals surface area contributed by atoms with Crippen LogP contribution in [0.5, 0.6) is 11.5 Å². The first-order valence-electron chi connectivity index (χ1n) is 11.7. The summed E-state index contributed by atoms with van der Waals surface area (Å²) >= 11 is 0. The molecule has 0 aliphatic rings. The van der Waals surface area contributed by atoms with Crippen molar-refractivity contribution >= 4 is 11.9 Å². The molecule has 0 fully saturated rings. The molecule has 0 spiro atoms. The summed E-state index contributed by atoms with van der Waals surface area (Å²) < 4.78 is 22.5. The van der Waals surface area contributed by atoms with Crippen molar-refractivity contribution in [3.63, 3.8) is 0 Å². The number of carbonyl (C=O) groups excluding carboxylic acids is 2. The molecule has 0 amide bonds. The maximum Gasteiger partial charge on any atom is 0.340 e. The summed E-state index contributed by atoms with van der Waals surface area (Å²) in [5.74, 6) is -0.0594. The number of hydrogen-bond donors (Lipinski definition) is 0. The van der Waals surface area contributed by atoms with Crippen LogP contribution < -0.4 is 9.47 Å². The van der Waals surface area contributed by atoms with Crippen molar-refractivity contribution in [1.82, 2.24) is 4.98 Å². The van der Waals surface area contributed by atoms with Crippen molar-refractivity contribution in [1.29, 1.82) is 0 Å². The van der Waals surface area contributed by atoms with Gasteiger partial charge in [-0.25, -0.2) is 9.59 Å². The minimum Gasteiger partial charge on any atom is -0.490 e. The molecule has 1 aromatic heterocycles. The lowest BCUT2D eigenvalue weighted by atomic mass is 9.92. The molecule has 2 aromatic carbocycles. The SMILES string of the molecule is CCOC(=O)c1c(C)nc(C)c(C(=O)OCC)c1-c1ccc(OCc2ccccc2)c(OCC)c1. The zero-order chi connectivity index (χ0) is 25.4. The minimum absolute atomic E-state index is 0.191. The molecule has 0 N–H and O–H groups in total. The Morgan fingerprint density at radius 2 is 1.34 bits per heavy atom. The van der Waals surface area contributed by atoms with Gasteiger partial charge in [0.25, 0.3) is 0 Å². The molecule has 0 aliphatic heterocycles. The van der Waals surface area contributed by atoms with Crippen LogP contribution in [0, 0.1) is 13.8 Å². The Balaban J connectivity index is 2.16. The van der Waals surface area contributed by atoms with Gasteiger partial charge in [0.1, 0.15) is 6.61 Å². The van der Waals surface area contributed by atoms with Crippen molar-refractivity contribution in [2.24, 2.45) is 0 Å². The summed E-state index contributed by atoms with van der Waals surface area (Å²) in [6.45, 7) is 9.94. The van der Waals surface area contributed by atoms with Crippen LogP contribution >= 0.6 is 0 Å². The number of ether oxygens (including phenoxy) is 4. The summed E-state index contributed by atoms with van der Waals surface area (Å²) in [5.41, 5.74) is 3.40. The van der Waals surface area contributed by atoms with Crippen LogP contribution in [-0.4, -0.2) is 36.7 Å². The lowest BCUT2D eigenvalue weighted by molar-refractivity contribution is 0.0525. The molecule has 0 bridgehead atoms. The smallest absolute Gasteiger partial charge is 0.340 e. The van der Waals surface area contributed by atoms with Gasteiger partial charge in [0.05, 0.1) is 42.3 Å². The lowest BCUT2D eigenvalue weighted by Crippen LogP contribution is -2.17. The standard InChI is InChI=1S/C28H31NO6/c1-6-32-23-16-21(14-15-22(23)35-17-20-12-10-9-11-13-20)26-24(27(30)33-7-2)18(4)29-19(5)25(26)28(31)34-8-3/h9-16H,6-8,17H2,1-5H3. The predicted molar refractivity (Wildman–Crippen MR) is 133 cm³/mol. The van der Waals surface area contributed by atoms with Gasteiger partial charge in [0.2, 0.25) is 0 Å². The Kier molecular flexibility index (Phi) is 8.84. The second kappa shape index (κ2) is 12.0. The maximum absolute atomic E-state index is 13.0. The highest BCUT2D eigenvalue weighted by molar-refractivity contribution is 6.07. The Labute approximate surface area is 206 Å². The van der Waals surface area contributed by atoms with Gasteiger partial charge in [-0.05, 0) is 57.9 Å². The second-order valence-electron chi connectivity index (χ2n) is 7.72. The van der Waals surface area contributed by atoms with E-state index in [1.807, 2.05) is 37.3 Å². The van der Waals surface area contributed by atoms with Gasteiger partial charge in [0.15, 0.2) is 11.5 Å². The van der Waals surface area contributed by atoms with E-state index in [1.165, 1.54) is 0 Å². The van der Waals surface area contributed by atoms with Gasteiger partial charge in [-0.3, -0.25) is 4.98 Å². The highest BCUT2D eigenvalue weighted by Gasteiger charge is 2.28. The van der Waals surface area contributed by atoms with Crippen LogP contribution in [0.4, 0.5) is 0 Å². The van der Waals surface area contributed by atoms with Gasteiger partial charge in [0, 0.05) is 5.56 Å². The quantitative estimate of drug-likeness (QED) is 0.347.